The van der Waals surface area contributed by atoms with E-state index in [1.54, 1.807) is 0 Å². The molecule has 0 bridgehead atoms. The molecule has 7 aromatic carbocycles. The predicted molar refractivity (Wildman–Crippen MR) is 297 cm³/mol. The molecule has 0 amide bonds. The fourth-order valence-electron chi connectivity index (χ4n) is 9.99. The van der Waals surface area contributed by atoms with Crippen molar-refractivity contribution in [2.24, 2.45) is 0 Å². The van der Waals surface area contributed by atoms with E-state index in [1.807, 2.05) is 6.20 Å². The van der Waals surface area contributed by atoms with Crippen molar-refractivity contribution in [3.8, 4) is 17.3 Å². The van der Waals surface area contributed by atoms with Crippen LogP contribution in [0.3, 0.4) is 0 Å². The summed E-state index contributed by atoms with van der Waals surface area (Å²) in [6.45, 7) is 31.8. The van der Waals surface area contributed by atoms with Crippen LogP contribution in [0.1, 0.15) is 129 Å². The Morgan fingerprint density at radius 2 is 1.04 bits per heavy atom. The number of hydrogen-bond donors (Lipinski definition) is 0. The summed E-state index contributed by atoms with van der Waals surface area (Å²) in [5.74, 6) is 2.05. The number of aromatic nitrogens is 2. The second-order valence-corrected chi connectivity index (χ2v) is 23.6. The van der Waals surface area contributed by atoms with Crippen LogP contribution in [-0.2, 0) is 48.1 Å². The molecule has 370 valence electrons. The third kappa shape index (κ3) is 9.42. The smallest absolute Gasteiger partial charge is 0.135 e. The molecule has 6 heteroatoms. The summed E-state index contributed by atoms with van der Waals surface area (Å²) < 4.78 is 9.26. The summed E-state index contributed by atoms with van der Waals surface area (Å²) in [5.41, 5.74) is 14.1. The normalized spacial score (nSPS) is 13.4. The SMILES string of the molecule is CC(C)(C)c1cc(Oc2[c-]c3c(cc2)c2cc(C(C)(C)c4ccccc4)ccc2n3-c2cc(C(C)(C)c3ccccc3)ccn2)[c-]c(N2[CH-]N(c3cccc(C(C)(C)C)c3)c3cc(C(C)(C)C)ccc32)c1.[Pt]. The van der Waals surface area contributed by atoms with Crippen molar-refractivity contribution < 1.29 is 25.8 Å². The van der Waals surface area contributed by atoms with Crippen molar-refractivity contribution in [3.05, 3.63) is 222 Å². The maximum absolute atomic E-state index is 7.00. The largest absolute Gasteiger partial charge is 0.509 e. The number of hydrogen-bond acceptors (Lipinski definition) is 4. The van der Waals surface area contributed by atoms with Crippen molar-refractivity contribution in [3.63, 3.8) is 0 Å². The third-order valence-corrected chi connectivity index (χ3v) is 14.8. The van der Waals surface area contributed by atoms with Gasteiger partial charge in [-0.3, -0.25) is 0 Å². The van der Waals surface area contributed by atoms with Crippen molar-refractivity contribution in [1.82, 2.24) is 9.55 Å². The number of anilines is 4. The van der Waals surface area contributed by atoms with Gasteiger partial charge in [-0.25, -0.2) is 4.98 Å². The summed E-state index contributed by atoms with van der Waals surface area (Å²) in [5, 5.41) is 2.21. The minimum Gasteiger partial charge on any atom is -0.509 e. The first kappa shape index (κ1) is 50.5. The second kappa shape index (κ2) is 18.6. The number of ether oxygens (including phenoxy) is 1. The second-order valence-electron chi connectivity index (χ2n) is 23.6. The van der Waals surface area contributed by atoms with Gasteiger partial charge < -0.3 is 19.1 Å². The molecule has 0 N–H and O–H groups in total. The zero-order chi connectivity index (χ0) is 50.3. The van der Waals surface area contributed by atoms with Crippen LogP contribution in [0, 0.1) is 18.8 Å². The van der Waals surface area contributed by atoms with E-state index in [2.05, 4.69) is 281 Å². The Balaban J connectivity index is 0.00000640. The number of fused-ring (bicyclic) bond motifs is 4. The van der Waals surface area contributed by atoms with Gasteiger partial charge in [-0.2, -0.15) is 6.07 Å². The summed E-state index contributed by atoms with van der Waals surface area (Å²) in [6.07, 6.45) is 1.94. The standard InChI is InChI=1S/C66H67N4O.Pt/c1-62(2,3)46-25-20-26-51(35-46)68-43-69(58-32-27-47(39-60(58)68)63(4,5)6)52-36-50(64(7,8)9)37-54(41-52)71-53-29-30-55-56-38-48(65(10,11)44-21-16-14-17-22-44)28-31-57(56)70(59(55)42-53)61-40-49(33-34-67-61)66(12,13)45-23-18-15-19-24-45;/h14-40,43H,1-13H3;/q-3;. The number of rotatable bonds is 9. The van der Waals surface area contributed by atoms with E-state index in [0.717, 1.165) is 55.9 Å². The molecule has 72 heavy (non-hydrogen) atoms. The van der Waals surface area contributed by atoms with Crippen LogP contribution in [0.5, 0.6) is 11.5 Å². The topological polar surface area (TPSA) is 33.5 Å². The first-order valence-electron chi connectivity index (χ1n) is 25.1. The van der Waals surface area contributed by atoms with Crippen LogP contribution in [0.4, 0.5) is 22.7 Å². The van der Waals surface area contributed by atoms with Gasteiger partial charge in [0.2, 0.25) is 0 Å². The van der Waals surface area contributed by atoms with Crippen LogP contribution in [0.25, 0.3) is 27.6 Å². The van der Waals surface area contributed by atoms with Gasteiger partial charge in [0.15, 0.2) is 0 Å². The van der Waals surface area contributed by atoms with Crippen LogP contribution in [0.2, 0.25) is 0 Å². The Morgan fingerprint density at radius 3 is 1.68 bits per heavy atom. The summed E-state index contributed by atoms with van der Waals surface area (Å²) >= 11 is 0. The molecule has 9 aromatic rings. The van der Waals surface area contributed by atoms with Gasteiger partial charge in [0.05, 0.1) is 0 Å². The molecule has 0 radical (unpaired) electrons. The van der Waals surface area contributed by atoms with Gasteiger partial charge in [0.25, 0.3) is 0 Å². The Morgan fingerprint density at radius 1 is 0.444 bits per heavy atom. The van der Waals surface area contributed by atoms with E-state index >= 15 is 0 Å². The van der Waals surface area contributed by atoms with E-state index in [9.17, 15) is 0 Å². The summed E-state index contributed by atoms with van der Waals surface area (Å²) in [6, 6.07) is 64.7. The molecule has 0 atom stereocenters. The Labute approximate surface area is 443 Å². The molecule has 10 rings (SSSR count). The van der Waals surface area contributed by atoms with Crippen molar-refractivity contribution in [2.75, 3.05) is 9.80 Å². The molecule has 0 saturated carbocycles. The number of pyridine rings is 1. The van der Waals surface area contributed by atoms with Crippen LogP contribution in [-0.4, -0.2) is 9.55 Å². The average molecular weight is 1130 g/mol. The Hall–Kier alpha value is -6.42. The van der Waals surface area contributed by atoms with Gasteiger partial charge in [0, 0.05) is 72.2 Å². The van der Waals surface area contributed by atoms with E-state index in [1.165, 1.54) is 33.4 Å². The van der Waals surface area contributed by atoms with Crippen molar-refractivity contribution in [1.29, 1.82) is 0 Å². The van der Waals surface area contributed by atoms with E-state index in [0.29, 0.717) is 11.5 Å². The maximum atomic E-state index is 7.00. The van der Waals surface area contributed by atoms with Gasteiger partial charge in [-0.15, -0.1) is 53.6 Å². The fourth-order valence-corrected chi connectivity index (χ4v) is 9.99. The van der Waals surface area contributed by atoms with E-state index in [-0.39, 0.29) is 48.1 Å². The number of nitrogens with zero attached hydrogens (tertiary/aromatic N) is 4. The zero-order valence-electron chi connectivity index (χ0n) is 44.2. The molecule has 5 nitrogen and oxygen atoms in total. The van der Waals surface area contributed by atoms with Crippen molar-refractivity contribution >= 4 is 44.6 Å². The molecule has 1 aliphatic heterocycles. The fraction of sp³-hybridized carbons (Fsp3) is 0.273. The molecule has 0 saturated heterocycles. The molecule has 0 unspecified atom stereocenters. The molecule has 0 fully saturated rings. The first-order valence-corrected chi connectivity index (χ1v) is 25.1. The van der Waals surface area contributed by atoms with Gasteiger partial charge in [-0.05, 0) is 97.5 Å². The van der Waals surface area contributed by atoms with E-state index in [4.69, 9.17) is 9.72 Å². The third-order valence-electron chi connectivity index (χ3n) is 14.8. The van der Waals surface area contributed by atoms with Crippen LogP contribution < -0.4 is 14.5 Å². The molecular formula is C66H67N4OPt-3. The number of benzene rings is 7. The van der Waals surface area contributed by atoms with Gasteiger partial charge in [0.1, 0.15) is 5.82 Å². The molecule has 1 aliphatic rings. The minimum absolute atomic E-state index is 0. The molecular weight excluding hydrogens is 1060 g/mol. The average Bonchev–Trinajstić information content (AvgIpc) is 3.89. The molecule has 3 heterocycles. The summed E-state index contributed by atoms with van der Waals surface area (Å²) in [7, 11) is 0. The van der Waals surface area contributed by atoms with Crippen LogP contribution in [0.15, 0.2) is 164 Å². The Bertz CT molecular complexity index is 3440. The minimum atomic E-state index is -0.260. The Kier molecular flexibility index (Phi) is 13.0. The monoisotopic (exact) mass is 1130 g/mol. The maximum Gasteiger partial charge on any atom is 0.135 e. The predicted octanol–water partition coefficient (Wildman–Crippen LogP) is 17.5. The molecule has 2 aromatic heterocycles. The van der Waals surface area contributed by atoms with E-state index < -0.39 is 0 Å². The molecule has 0 aliphatic carbocycles. The first-order chi connectivity index (χ1) is 33.6. The zero-order valence-corrected chi connectivity index (χ0v) is 46.5. The van der Waals surface area contributed by atoms with Gasteiger partial charge >= 0.3 is 0 Å². The van der Waals surface area contributed by atoms with Crippen LogP contribution >= 0.6 is 0 Å². The summed E-state index contributed by atoms with van der Waals surface area (Å²) in [4.78, 5) is 9.68. The quantitative estimate of drug-likeness (QED) is 0.135. The van der Waals surface area contributed by atoms with Gasteiger partial charge in [-0.1, -0.05) is 187 Å². The van der Waals surface area contributed by atoms with Crippen molar-refractivity contribution in [2.45, 2.75) is 117 Å². The molecule has 0 spiro atoms.